The molecule has 1 aromatic rings. The van der Waals surface area contributed by atoms with Crippen molar-refractivity contribution < 1.29 is 9.47 Å². The van der Waals surface area contributed by atoms with Crippen molar-refractivity contribution in [1.82, 2.24) is 0 Å². The fourth-order valence-electron chi connectivity index (χ4n) is 1.30. The molecular formula is C12H19NO2. The summed E-state index contributed by atoms with van der Waals surface area (Å²) in [5.41, 5.74) is 6.63. The Morgan fingerprint density at radius 3 is 2.60 bits per heavy atom. The highest BCUT2D eigenvalue weighted by Crippen LogP contribution is 2.31. The molecule has 0 radical (unpaired) electrons. The van der Waals surface area contributed by atoms with Crippen molar-refractivity contribution in [2.45, 2.75) is 20.4 Å². The SMILES string of the molecule is COc1cccc(CN)c1OCC(C)C. The molecule has 2 N–H and O–H groups in total. The Morgan fingerprint density at radius 1 is 1.33 bits per heavy atom. The average molecular weight is 209 g/mol. The largest absolute Gasteiger partial charge is 0.493 e. The van der Waals surface area contributed by atoms with E-state index < -0.39 is 0 Å². The van der Waals surface area contributed by atoms with Crippen LogP contribution in [-0.2, 0) is 6.54 Å². The van der Waals surface area contributed by atoms with E-state index in [1.807, 2.05) is 18.2 Å². The van der Waals surface area contributed by atoms with Crippen molar-refractivity contribution in [2.75, 3.05) is 13.7 Å². The van der Waals surface area contributed by atoms with E-state index >= 15 is 0 Å². The van der Waals surface area contributed by atoms with Gasteiger partial charge in [0.05, 0.1) is 13.7 Å². The summed E-state index contributed by atoms with van der Waals surface area (Å²) >= 11 is 0. The summed E-state index contributed by atoms with van der Waals surface area (Å²) in [6, 6.07) is 5.76. The molecule has 0 saturated heterocycles. The minimum atomic E-state index is 0.463. The molecule has 0 unspecified atom stereocenters. The quantitative estimate of drug-likeness (QED) is 0.808. The van der Waals surface area contributed by atoms with Gasteiger partial charge in [-0.2, -0.15) is 0 Å². The first-order chi connectivity index (χ1) is 7.19. The van der Waals surface area contributed by atoms with Crippen LogP contribution in [0.3, 0.4) is 0 Å². The van der Waals surface area contributed by atoms with Gasteiger partial charge >= 0.3 is 0 Å². The molecule has 84 valence electrons. The lowest BCUT2D eigenvalue weighted by Gasteiger charge is -2.15. The predicted octanol–water partition coefficient (Wildman–Crippen LogP) is 2.19. The van der Waals surface area contributed by atoms with Gasteiger partial charge in [-0.05, 0) is 12.0 Å². The van der Waals surface area contributed by atoms with Gasteiger partial charge in [0.2, 0.25) is 0 Å². The topological polar surface area (TPSA) is 44.5 Å². The molecule has 0 aliphatic carbocycles. The van der Waals surface area contributed by atoms with Crippen molar-refractivity contribution in [3.05, 3.63) is 23.8 Å². The summed E-state index contributed by atoms with van der Waals surface area (Å²) < 4.78 is 10.9. The fraction of sp³-hybridized carbons (Fsp3) is 0.500. The van der Waals surface area contributed by atoms with E-state index in [0.717, 1.165) is 17.1 Å². The van der Waals surface area contributed by atoms with Crippen LogP contribution in [0.4, 0.5) is 0 Å². The molecule has 0 amide bonds. The van der Waals surface area contributed by atoms with E-state index in [4.69, 9.17) is 15.2 Å². The van der Waals surface area contributed by atoms with E-state index in [1.165, 1.54) is 0 Å². The predicted molar refractivity (Wildman–Crippen MR) is 61.2 cm³/mol. The van der Waals surface area contributed by atoms with Gasteiger partial charge in [0, 0.05) is 12.1 Å². The molecule has 3 heteroatoms. The lowest BCUT2D eigenvalue weighted by Crippen LogP contribution is -2.09. The first kappa shape index (κ1) is 11.9. The standard InChI is InChI=1S/C12H19NO2/c1-9(2)8-15-12-10(7-13)5-4-6-11(12)14-3/h4-6,9H,7-8,13H2,1-3H3. The van der Waals surface area contributed by atoms with E-state index in [1.54, 1.807) is 7.11 Å². The van der Waals surface area contributed by atoms with E-state index in [2.05, 4.69) is 13.8 Å². The number of benzene rings is 1. The van der Waals surface area contributed by atoms with Gasteiger partial charge in [0.15, 0.2) is 11.5 Å². The molecule has 1 aromatic carbocycles. The van der Waals surface area contributed by atoms with Crippen LogP contribution in [0.1, 0.15) is 19.4 Å². The third-order valence-electron chi connectivity index (χ3n) is 2.06. The number of para-hydroxylation sites is 1. The van der Waals surface area contributed by atoms with Crippen molar-refractivity contribution >= 4 is 0 Å². The zero-order valence-electron chi connectivity index (χ0n) is 9.62. The van der Waals surface area contributed by atoms with Crippen LogP contribution in [0.5, 0.6) is 11.5 Å². The number of rotatable bonds is 5. The maximum Gasteiger partial charge on any atom is 0.165 e. The summed E-state index contributed by atoms with van der Waals surface area (Å²) in [4.78, 5) is 0. The molecule has 0 aliphatic rings. The summed E-state index contributed by atoms with van der Waals surface area (Å²) in [6.07, 6.45) is 0. The summed E-state index contributed by atoms with van der Waals surface area (Å²) in [5, 5.41) is 0. The van der Waals surface area contributed by atoms with Crippen LogP contribution in [0, 0.1) is 5.92 Å². The summed E-state index contributed by atoms with van der Waals surface area (Å²) in [7, 11) is 1.64. The molecule has 0 atom stereocenters. The van der Waals surface area contributed by atoms with Gasteiger partial charge in [-0.1, -0.05) is 26.0 Å². The van der Waals surface area contributed by atoms with Gasteiger partial charge in [-0.3, -0.25) is 0 Å². The molecule has 3 nitrogen and oxygen atoms in total. The van der Waals surface area contributed by atoms with Gasteiger partial charge in [-0.15, -0.1) is 0 Å². The molecule has 0 fully saturated rings. The highest BCUT2D eigenvalue weighted by Gasteiger charge is 2.09. The zero-order chi connectivity index (χ0) is 11.3. The molecular weight excluding hydrogens is 190 g/mol. The molecule has 0 spiro atoms. The Kier molecular flexibility index (Phi) is 4.43. The maximum atomic E-state index is 5.71. The second kappa shape index (κ2) is 5.61. The summed E-state index contributed by atoms with van der Waals surface area (Å²) in [5.74, 6) is 2.01. The summed E-state index contributed by atoms with van der Waals surface area (Å²) in [6.45, 7) is 5.35. The highest BCUT2D eigenvalue weighted by molar-refractivity contribution is 5.46. The lowest BCUT2D eigenvalue weighted by molar-refractivity contribution is 0.254. The Bertz CT molecular complexity index is 288. The van der Waals surface area contributed by atoms with Crippen molar-refractivity contribution in [1.29, 1.82) is 0 Å². The number of ether oxygens (including phenoxy) is 2. The number of hydrogen-bond acceptors (Lipinski definition) is 3. The molecule has 0 heterocycles. The molecule has 0 aromatic heterocycles. The van der Waals surface area contributed by atoms with Crippen LogP contribution in [0.25, 0.3) is 0 Å². The maximum absolute atomic E-state index is 5.71. The molecule has 0 aliphatic heterocycles. The lowest BCUT2D eigenvalue weighted by atomic mass is 10.2. The first-order valence-corrected chi connectivity index (χ1v) is 5.17. The van der Waals surface area contributed by atoms with E-state index in [-0.39, 0.29) is 0 Å². The zero-order valence-corrected chi connectivity index (χ0v) is 9.62. The number of methoxy groups -OCH3 is 1. The van der Waals surface area contributed by atoms with Crippen LogP contribution < -0.4 is 15.2 Å². The van der Waals surface area contributed by atoms with Gasteiger partial charge in [-0.25, -0.2) is 0 Å². The molecule has 0 saturated carbocycles. The molecule has 0 bridgehead atoms. The minimum absolute atomic E-state index is 0.463. The van der Waals surface area contributed by atoms with Crippen molar-refractivity contribution in [3.8, 4) is 11.5 Å². The van der Waals surface area contributed by atoms with Crippen LogP contribution in [-0.4, -0.2) is 13.7 Å². The number of hydrogen-bond donors (Lipinski definition) is 1. The fourth-order valence-corrected chi connectivity index (χ4v) is 1.30. The molecule has 1 rings (SSSR count). The highest BCUT2D eigenvalue weighted by atomic mass is 16.5. The third-order valence-corrected chi connectivity index (χ3v) is 2.06. The third kappa shape index (κ3) is 3.13. The monoisotopic (exact) mass is 209 g/mol. The second-order valence-electron chi connectivity index (χ2n) is 3.86. The Balaban J connectivity index is 2.89. The Labute approximate surface area is 91.2 Å². The van der Waals surface area contributed by atoms with Gasteiger partial charge in [0.1, 0.15) is 0 Å². The van der Waals surface area contributed by atoms with Crippen molar-refractivity contribution in [3.63, 3.8) is 0 Å². The van der Waals surface area contributed by atoms with Crippen LogP contribution in [0.15, 0.2) is 18.2 Å². The van der Waals surface area contributed by atoms with Gasteiger partial charge < -0.3 is 15.2 Å². The average Bonchev–Trinajstić information content (AvgIpc) is 2.25. The van der Waals surface area contributed by atoms with Crippen LogP contribution >= 0.6 is 0 Å². The first-order valence-electron chi connectivity index (χ1n) is 5.17. The minimum Gasteiger partial charge on any atom is -0.493 e. The normalized spacial score (nSPS) is 10.5. The smallest absolute Gasteiger partial charge is 0.165 e. The number of nitrogens with two attached hydrogens (primary N) is 1. The van der Waals surface area contributed by atoms with Crippen LogP contribution in [0.2, 0.25) is 0 Å². The van der Waals surface area contributed by atoms with Gasteiger partial charge in [0.25, 0.3) is 0 Å². The van der Waals surface area contributed by atoms with E-state index in [0.29, 0.717) is 19.1 Å². The Hall–Kier alpha value is -1.22. The van der Waals surface area contributed by atoms with E-state index in [9.17, 15) is 0 Å². The second-order valence-corrected chi connectivity index (χ2v) is 3.86. The van der Waals surface area contributed by atoms with Crippen molar-refractivity contribution in [2.24, 2.45) is 11.7 Å². The Morgan fingerprint density at radius 2 is 2.07 bits per heavy atom. The molecule has 15 heavy (non-hydrogen) atoms.